The molecule has 0 aliphatic heterocycles. The van der Waals surface area contributed by atoms with Crippen LogP contribution in [0.4, 0.5) is 0 Å². The van der Waals surface area contributed by atoms with E-state index >= 15 is 0 Å². The predicted molar refractivity (Wildman–Crippen MR) is 123 cm³/mol. The second-order valence-electron chi connectivity index (χ2n) is 12.0. The lowest BCUT2D eigenvalue weighted by atomic mass is 9.47. The van der Waals surface area contributed by atoms with Gasteiger partial charge in [-0.05, 0) is 113 Å². The third kappa shape index (κ3) is 4.22. The van der Waals surface area contributed by atoms with Gasteiger partial charge in [0, 0.05) is 0 Å². The minimum atomic E-state index is -0.505. The van der Waals surface area contributed by atoms with Crippen LogP contribution < -0.4 is 0 Å². The first kappa shape index (κ1) is 23.3. The Morgan fingerprint density at radius 1 is 1.03 bits per heavy atom. The van der Waals surface area contributed by atoms with Crippen molar-refractivity contribution in [3.63, 3.8) is 0 Å². The summed E-state index contributed by atoms with van der Waals surface area (Å²) in [4.78, 5) is 0. The summed E-state index contributed by atoms with van der Waals surface area (Å²) in [5, 5.41) is 20.2. The van der Waals surface area contributed by atoms with Crippen molar-refractivity contribution in [3.8, 4) is 0 Å². The minimum Gasteiger partial charge on any atom is -0.393 e. The molecular weight excluding hydrogens is 356 g/mol. The van der Waals surface area contributed by atoms with Crippen molar-refractivity contribution < 1.29 is 10.2 Å². The van der Waals surface area contributed by atoms with Crippen LogP contribution in [0.3, 0.4) is 0 Å². The molecule has 3 saturated carbocycles. The van der Waals surface area contributed by atoms with Gasteiger partial charge in [-0.2, -0.15) is 0 Å². The molecule has 2 heteroatoms. The largest absolute Gasteiger partial charge is 0.393 e. The molecule has 0 aromatic heterocycles. The highest BCUT2D eigenvalue weighted by Crippen LogP contribution is 2.66. The van der Waals surface area contributed by atoms with E-state index in [4.69, 9.17) is 0 Å². The molecule has 4 rings (SSSR count). The van der Waals surface area contributed by atoms with Gasteiger partial charge >= 0.3 is 0 Å². The third-order valence-electron chi connectivity index (χ3n) is 9.87. The van der Waals surface area contributed by atoms with E-state index in [0.717, 1.165) is 42.9 Å². The average molecular weight is 405 g/mol. The number of rotatable bonds is 5. The van der Waals surface area contributed by atoms with E-state index in [1.165, 1.54) is 57.8 Å². The van der Waals surface area contributed by atoms with Crippen LogP contribution in [0.5, 0.6) is 0 Å². The van der Waals surface area contributed by atoms with Gasteiger partial charge in [-0.25, -0.2) is 0 Å². The van der Waals surface area contributed by atoms with Crippen LogP contribution in [-0.4, -0.2) is 21.9 Å². The number of unbranched alkanes of at least 4 members (excludes halogenated alkanes) is 1. The van der Waals surface area contributed by atoms with Crippen molar-refractivity contribution in [3.05, 3.63) is 11.6 Å². The Hall–Kier alpha value is -0.340. The Morgan fingerprint density at radius 2 is 1.79 bits per heavy atom. The summed E-state index contributed by atoms with van der Waals surface area (Å²) in [5.74, 6) is 3.54. The zero-order valence-corrected chi connectivity index (χ0v) is 18.8. The van der Waals surface area contributed by atoms with Gasteiger partial charge in [-0.1, -0.05) is 45.8 Å². The lowest BCUT2D eigenvalue weighted by Crippen LogP contribution is -2.50. The van der Waals surface area contributed by atoms with E-state index in [1.54, 1.807) is 5.57 Å². The topological polar surface area (TPSA) is 40.5 Å². The Kier molecular flexibility index (Phi) is 6.68. The number of aliphatic hydroxyl groups is 2. The van der Waals surface area contributed by atoms with Crippen molar-refractivity contribution in [2.75, 3.05) is 0 Å². The van der Waals surface area contributed by atoms with Crippen LogP contribution in [0.1, 0.15) is 112 Å². The van der Waals surface area contributed by atoms with Crippen LogP contribution in [0.2, 0.25) is 0 Å². The minimum absolute atomic E-state index is 0. The number of aliphatic hydroxyl groups excluding tert-OH is 1. The fourth-order valence-corrected chi connectivity index (χ4v) is 8.17. The number of hydrogen-bond donors (Lipinski definition) is 2. The maximum Gasteiger partial charge on any atom is 0.0591 e. The zero-order chi connectivity index (χ0) is 20.2. The molecule has 7 unspecified atom stereocenters. The monoisotopic (exact) mass is 404 g/mol. The van der Waals surface area contributed by atoms with E-state index in [0.29, 0.717) is 10.8 Å². The number of allylic oxidation sites excluding steroid dienone is 1. The van der Waals surface area contributed by atoms with Crippen LogP contribution in [-0.2, 0) is 0 Å². The maximum absolute atomic E-state index is 10.2. The van der Waals surface area contributed by atoms with Crippen LogP contribution in [0.15, 0.2) is 11.6 Å². The molecule has 29 heavy (non-hydrogen) atoms. The molecule has 4 aliphatic rings. The summed E-state index contributed by atoms with van der Waals surface area (Å²) in [6, 6.07) is 0. The molecule has 0 saturated heterocycles. The SMILES string of the molecule is C.CC(C)(O)CCCCC1CCC2C3CC=C4CC(O)CCC4(C)C3CCC12C. The smallest absolute Gasteiger partial charge is 0.0591 e. The second kappa shape index (κ2) is 8.30. The van der Waals surface area contributed by atoms with Gasteiger partial charge in [0.1, 0.15) is 0 Å². The number of fused-ring (bicyclic) bond motifs is 5. The molecule has 0 heterocycles. The molecule has 3 fully saturated rings. The first-order chi connectivity index (χ1) is 13.1. The van der Waals surface area contributed by atoms with Gasteiger partial charge in [0.15, 0.2) is 0 Å². The molecule has 0 bridgehead atoms. The quantitative estimate of drug-likeness (QED) is 0.387. The molecule has 0 aromatic rings. The molecule has 4 aliphatic carbocycles. The lowest BCUT2D eigenvalue weighted by Gasteiger charge is -2.58. The van der Waals surface area contributed by atoms with Crippen molar-refractivity contribution in [1.29, 1.82) is 0 Å². The van der Waals surface area contributed by atoms with E-state index in [1.807, 2.05) is 13.8 Å². The summed E-state index contributed by atoms with van der Waals surface area (Å²) in [7, 11) is 0. The van der Waals surface area contributed by atoms with Crippen molar-refractivity contribution >= 4 is 0 Å². The number of hydrogen-bond acceptors (Lipinski definition) is 2. The van der Waals surface area contributed by atoms with Gasteiger partial charge in [-0.3, -0.25) is 0 Å². The van der Waals surface area contributed by atoms with E-state index < -0.39 is 5.60 Å². The summed E-state index contributed by atoms with van der Waals surface area (Å²) in [5.41, 5.74) is 2.01. The summed E-state index contributed by atoms with van der Waals surface area (Å²) in [6.07, 6.45) is 17.3. The summed E-state index contributed by atoms with van der Waals surface area (Å²) in [6.45, 7) is 9.05. The van der Waals surface area contributed by atoms with Gasteiger partial charge < -0.3 is 10.2 Å². The van der Waals surface area contributed by atoms with Gasteiger partial charge in [0.05, 0.1) is 11.7 Å². The van der Waals surface area contributed by atoms with E-state index in [-0.39, 0.29) is 13.5 Å². The fourth-order valence-electron chi connectivity index (χ4n) is 8.17. The summed E-state index contributed by atoms with van der Waals surface area (Å²) < 4.78 is 0. The van der Waals surface area contributed by atoms with Gasteiger partial charge in [0.2, 0.25) is 0 Å². The van der Waals surface area contributed by atoms with Crippen molar-refractivity contribution in [1.82, 2.24) is 0 Å². The molecule has 0 amide bonds. The molecule has 168 valence electrons. The van der Waals surface area contributed by atoms with Gasteiger partial charge in [-0.15, -0.1) is 0 Å². The van der Waals surface area contributed by atoms with Crippen molar-refractivity contribution in [2.24, 2.45) is 34.5 Å². The molecule has 7 atom stereocenters. The maximum atomic E-state index is 10.2. The molecule has 0 aromatic carbocycles. The Labute approximate surface area is 180 Å². The normalized spacial score (nSPS) is 44.2. The van der Waals surface area contributed by atoms with Crippen molar-refractivity contribution in [2.45, 2.75) is 124 Å². The Bertz CT molecular complexity index is 602. The van der Waals surface area contributed by atoms with Crippen LogP contribution in [0.25, 0.3) is 0 Å². The molecule has 0 radical (unpaired) electrons. The molecule has 0 spiro atoms. The van der Waals surface area contributed by atoms with Crippen LogP contribution in [0, 0.1) is 34.5 Å². The first-order valence-electron chi connectivity index (χ1n) is 12.2. The van der Waals surface area contributed by atoms with E-state index in [9.17, 15) is 10.2 Å². The molecular formula is C27H48O2. The highest BCUT2D eigenvalue weighted by Gasteiger charge is 2.58. The van der Waals surface area contributed by atoms with E-state index in [2.05, 4.69) is 19.9 Å². The van der Waals surface area contributed by atoms with Crippen LogP contribution >= 0.6 is 0 Å². The second-order valence-corrected chi connectivity index (χ2v) is 12.0. The molecule has 2 N–H and O–H groups in total. The zero-order valence-electron chi connectivity index (χ0n) is 18.8. The first-order valence-corrected chi connectivity index (χ1v) is 12.2. The predicted octanol–water partition coefficient (Wildman–Crippen LogP) is 6.89. The summed E-state index contributed by atoms with van der Waals surface area (Å²) >= 11 is 0. The average Bonchev–Trinajstić information content (AvgIpc) is 2.95. The van der Waals surface area contributed by atoms with Gasteiger partial charge in [0.25, 0.3) is 0 Å². The highest BCUT2D eigenvalue weighted by atomic mass is 16.3. The Balaban J connectivity index is 0.00000240. The third-order valence-corrected chi connectivity index (χ3v) is 9.87. The highest BCUT2D eigenvalue weighted by molar-refractivity contribution is 5.25. The fraction of sp³-hybridized carbons (Fsp3) is 0.926. The standard InChI is InChI=1S/C26H44O2.CH4/c1-24(2,28)14-6-5-7-18-9-11-22-21-10-8-19-17-20(27)12-15-26(19,4)23(21)13-16-25(18,22)3;/h8,18,20-23,27-28H,5-7,9-17H2,1-4H3;1H4. The Morgan fingerprint density at radius 3 is 2.52 bits per heavy atom. The lowest BCUT2D eigenvalue weighted by molar-refractivity contribution is -0.0510. The molecule has 2 nitrogen and oxygen atoms in total.